The Balaban J connectivity index is 1.41. The zero-order chi connectivity index (χ0) is 17.6. The number of ether oxygens (including phenoxy) is 2. The highest BCUT2D eigenvalue weighted by Crippen LogP contribution is 2.32. The van der Waals surface area contributed by atoms with Crippen LogP contribution in [0.5, 0.6) is 11.5 Å². The molecule has 3 rings (SSSR count). The van der Waals surface area contributed by atoms with Gasteiger partial charge in [0.2, 0.25) is 5.91 Å². The molecule has 2 heterocycles. The highest BCUT2D eigenvalue weighted by Gasteiger charge is 2.25. The summed E-state index contributed by atoms with van der Waals surface area (Å²) in [7, 11) is 1.61. The Labute approximate surface area is 152 Å². The first-order chi connectivity index (χ1) is 12.2. The summed E-state index contributed by atoms with van der Waals surface area (Å²) in [5, 5.41) is 5.07. The average molecular weight is 360 g/mol. The van der Waals surface area contributed by atoms with Crippen molar-refractivity contribution in [3.05, 3.63) is 46.2 Å². The lowest BCUT2D eigenvalue weighted by Gasteiger charge is -2.32. The van der Waals surface area contributed by atoms with Crippen LogP contribution in [-0.2, 0) is 11.2 Å². The van der Waals surface area contributed by atoms with Gasteiger partial charge in [-0.25, -0.2) is 0 Å². The van der Waals surface area contributed by atoms with Crippen LogP contribution in [0.2, 0.25) is 0 Å². The second-order valence-electron chi connectivity index (χ2n) is 6.04. The molecule has 1 aliphatic heterocycles. The van der Waals surface area contributed by atoms with E-state index in [2.05, 4.69) is 28.6 Å². The van der Waals surface area contributed by atoms with Crippen molar-refractivity contribution in [2.75, 3.05) is 33.4 Å². The number of methoxy groups -OCH3 is 1. The number of carbonyl (C=O) groups is 1. The SMILES string of the molecule is COc1ccccc1OCCNC(=O)CN1CCc2sccc2[C@@H]1C. The van der Waals surface area contributed by atoms with Crippen LogP contribution in [0.1, 0.15) is 23.4 Å². The van der Waals surface area contributed by atoms with Gasteiger partial charge < -0.3 is 14.8 Å². The van der Waals surface area contributed by atoms with Crippen LogP contribution < -0.4 is 14.8 Å². The normalized spacial score (nSPS) is 17.0. The number of rotatable bonds is 7. The molecule has 0 radical (unpaired) electrons. The zero-order valence-corrected chi connectivity index (χ0v) is 15.5. The fourth-order valence-corrected chi connectivity index (χ4v) is 4.07. The Bertz CT molecular complexity index is 716. The lowest BCUT2D eigenvalue weighted by molar-refractivity contribution is -0.123. The van der Waals surface area contributed by atoms with Crippen molar-refractivity contribution in [1.82, 2.24) is 10.2 Å². The maximum absolute atomic E-state index is 12.2. The highest BCUT2D eigenvalue weighted by atomic mass is 32.1. The van der Waals surface area contributed by atoms with E-state index in [-0.39, 0.29) is 5.91 Å². The fourth-order valence-electron chi connectivity index (χ4n) is 3.11. The number of hydrogen-bond acceptors (Lipinski definition) is 5. The summed E-state index contributed by atoms with van der Waals surface area (Å²) in [6.07, 6.45) is 1.03. The first-order valence-corrected chi connectivity index (χ1v) is 9.40. The summed E-state index contributed by atoms with van der Waals surface area (Å²) in [4.78, 5) is 15.9. The molecule has 134 valence electrons. The number of thiophene rings is 1. The van der Waals surface area contributed by atoms with Crippen molar-refractivity contribution in [1.29, 1.82) is 0 Å². The van der Waals surface area contributed by atoms with Crippen LogP contribution in [-0.4, -0.2) is 44.2 Å². The standard InChI is InChI=1S/C19H24N2O3S/c1-14-15-8-12-25-18(15)7-10-21(14)13-19(22)20-9-11-24-17-6-4-3-5-16(17)23-2/h3-6,8,12,14H,7,9-11,13H2,1-2H3,(H,20,22)/t14-/m0/s1. The van der Waals surface area contributed by atoms with Gasteiger partial charge in [-0.1, -0.05) is 12.1 Å². The lowest BCUT2D eigenvalue weighted by atomic mass is 10.0. The van der Waals surface area contributed by atoms with Crippen molar-refractivity contribution in [2.45, 2.75) is 19.4 Å². The summed E-state index contributed by atoms with van der Waals surface area (Å²) >= 11 is 1.81. The second-order valence-corrected chi connectivity index (χ2v) is 7.05. The van der Waals surface area contributed by atoms with Gasteiger partial charge in [0.25, 0.3) is 0 Å². The molecule has 0 spiro atoms. The predicted molar refractivity (Wildman–Crippen MR) is 99.5 cm³/mol. The van der Waals surface area contributed by atoms with Gasteiger partial charge in [-0.05, 0) is 42.5 Å². The van der Waals surface area contributed by atoms with E-state index < -0.39 is 0 Å². The fraction of sp³-hybridized carbons (Fsp3) is 0.421. The minimum absolute atomic E-state index is 0.0363. The quantitative estimate of drug-likeness (QED) is 0.772. The highest BCUT2D eigenvalue weighted by molar-refractivity contribution is 7.10. The summed E-state index contributed by atoms with van der Waals surface area (Å²) in [6, 6.07) is 9.97. The molecule has 5 nitrogen and oxygen atoms in total. The molecule has 25 heavy (non-hydrogen) atoms. The van der Waals surface area contributed by atoms with E-state index in [0.29, 0.717) is 37.2 Å². The van der Waals surface area contributed by atoms with Crippen molar-refractivity contribution in [3.8, 4) is 11.5 Å². The molecule has 1 N–H and O–H groups in total. The predicted octanol–water partition coefficient (Wildman–Crippen LogP) is 2.87. The van der Waals surface area contributed by atoms with Crippen molar-refractivity contribution in [2.24, 2.45) is 0 Å². The second kappa shape index (κ2) is 8.36. The number of carbonyl (C=O) groups excluding carboxylic acids is 1. The summed E-state index contributed by atoms with van der Waals surface area (Å²) in [5.74, 6) is 1.42. The first-order valence-electron chi connectivity index (χ1n) is 8.52. The molecular formula is C19H24N2O3S. The molecule has 2 aromatic rings. The van der Waals surface area contributed by atoms with Gasteiger partial charge in [0, 0.05) is 17.5 Å². The Morgan fingerprint density at radius 3 is 2.92 bits per heavy atom. The van der Waals surface area contributed by atoms with Crippen LogP contribution in [0.25, 0.3) is 0 Å². The van der Waals surface area contributed by atoms with E-state index >= 15 is 0 Å². The smallest absolute Gasteiger partial charge is 0.234 e. The molecule has 1 atom stereocenters. The molecule has 1 aromatic carbocycles. The molecule has 1 aromatic heterocycles. The third-order valence-electron chi connectivity index (χ3n) is 4.50. The Hall–Kier alpha value is -2.05. The number of nitrogens with zero attached hydrogens (tertiary/aromatic N) is 1. The maximum atomic E-state index is 12.2. The summed E-state index contributed by atoms with van der Waals surface area (Å²) in [5.41, 5.74) is 1.36. The third-order valence-corrected chi connectivity index (χ3v) is 5.50. The third kappa shape index (κ3) is 4.32. The molecular weight excluding hydrogens is 336 g/mol. The van der Waals surface area contributed by atoms with Crippen molar-refractivity contribution >= 4 is 17.2 Å². The summed E-state index contributed by atoms with van der Waals surface area (Å²) < 4.78 is 10.9. The molecule has 0 aliphatic carbocycles. The topological polar surface area (TPSA) is 50.8 Å². The van der Waals surface area contributed by atoms with Gasteiger partial charge in [0.1, 0.15) is 6.61 Å². The van der Waals surface area contributed by atoms with Gasteiger partial charge >= 0.3 is 0 Å². The van der Waals surface area contributed by atoms with Crippen molar-refractivity contribution < 1.29 is 14.3 Å². The van der Waals surface area contributed by atoms with Crippen LogP contribution in [0.3, 0.4) is 0 Å². The Morgan fingerprint density at radius 1 is 1.32 bits per heavy atom. The van der Waals surface area contributed by atoms with E-state index in [4.69, 9.17) is 9.47 Å². The molecule has 0 unspecified atom stereocenters. The van der Waals surface area contributed by atoms with E-state index in [0.717, 1.165) is 13.0 Å². The van der Waals surface area contributed by atoms with E-state index in [1.54, 1.807) is 7.11 Å². The number of fused-ring (bicyclic) bond motifs is 1. The van der Waals surface area contributed by atoms with Gasteiger partial charge in [0.05, 0.1) is 20.2 Å². The zero-order valence-electron chi connectivity index (χ0n) is 14.7. The van der Waals surface area contributed by atoms with E-state index in [1.165, 1.54) is 10.4 Å². The van der Waals surface area contributed by atoms with Crippen molar-refractivity contribution in [3.63, 3.8) is 0 Å². The first kappa shape index (κ1) is 17.8. The lowest BCUT2D eigenvalue weighted by Crippen LogP contribution is -2.42. The molecule has 0 saturated carbocycles. The average Bonchev–Trinajstić information content (AvgIpc) is 3.11. The van der Waals surface area contributed by atoms with Gasteiger partial charge in [-0.3, -0.25) is 9.69 Å². The molecule has 0 fully saturated rings. The Morgan fingerprint density at radius 2 is 2.12 bits per heavy atom. The molecule has 1 aliphatic rings. The minimum atomic E-state index is 0.0363. The minimum Gasteiger partial charge on any atom is -0.493 e. The Kier molecular flexibility index (Phi) is 5.94. The molecule has 6 heteroatoms. The number of benzene rings is 1. The van der Waals surface area contributed by atoms with Crippen LogP contribution in [0.15, 0.2) is 35.7 Å². The van der Waals surface area contributed by atoms with E-state index in [1.807, 2.05) is 35.6 Å². The number of para-hydroxylation sites is 2. The monoisotopic (exact) mass is 360 g/mol. The number of nitrogens with one attached hydrogen (secondary N) is 1. The molecule has 0 saturated heterocycles. The molecule has 1 amide bonds. The largest absolute Gasteiger partial charge is 0.493 e. The van der Waals surface area contributed by atoms with Gasteiger partial charge in [-0.2, -0.15) is 0 Å². The van der Waals surface area contributed by atoms with Crippen LogP contribution in [0, 0.1) is 0 Å². The number of hydrogen-bond donors (Lipinski definition) is 1. The maximum Gasteiger partial charge on any atom is 0.234 e. The molecule has 0 bridgehead atoms. The van der Waals surface area contributed by atoms with E-state index in [9.17, 15) is 4.79 Å². The van der Waals surface area contributed by atoms with Crippen LogP contribution in [0.4, 0.5) is 0 Å². The van der Waals surface area contributed by atoms with Gasteiger partial charge in [0.15, 0.2) is 11.5 Å². The van der Waals surface area contributed by atoms with Gasteiger partial charge in [-0.15, -0.1) is 11.3 Å². The number of amides is 1. The summed E-state index contributed by atoms with van der Waals surface area (Å²) in [6.45, 7) is 4.41. The van der Waals surface area contributed by atoms with Crippen LogP contribution >= 0.6 is 11.3 Å².